The molecule has 7 nitrogen and oxygen atoms in total. The Morgan fingerprint density at radius 1 is 1.29 bits per heavy atom. The average Bonchev–Trinajstić information content (AvgIpc) is 2.66. The summed E-state index contributed by atoms with van der Waals surface area (Å²) in [6, 6.07) is -0.468. The van der Waals surface area contributed by atoms with E-state index in [1.165, 1.54) is 4.90 Å². The number of likely N-dealkylation sites (tertiary alicyclic amines) is 1. The number of piperidine rings is 1. The fourth-order valence-electron chi connectivity index (χ4n) is 2.08. The molecule has 1 atom stereocenters. The van der Waals surface area contributed by atoms with Crippen LogP contribution in [-0.2, 0) is 9.59 Å². The standard InChI is InChI=1S/C10H15N5O2/c1-6(9-11-13-14-12-9)15-7(16)4-10(2,3)5-8(15)17/h6H,4-5H2,1-3H3,(H,11,12,13,14). The third kappa shape index (κ3) is 2.17. The van der Waals surface area contributed by atoms with Crippen molar-refractivity contribution in [3.63, 3.8) is 0 Å². The lowest BCUT2D eigenvalue weighted by Crippen LogP contribution is -2.47. The smallest absolute Gasteiger partial charge is 0.230 e. The number of nitrogens with one attached hydrogen (secondary N) is 1. The molecule has 1 fully saturated rings. The summed E-state index contributed by atoms with van der Waals surface area (Å²) in [6.45, 7) is 5.55. The van der Waals surface area contributed by atoms with Crippen molar-refractivity contribution in [3.05, 3.63) is 5.82 Å². The van der Waals surface area contributed by atoms with Gasteiger partial charge in [-0.1, -0.05) is 19.1 Å². The van der Waals surface area contributed by atoms with E-state index < -0.39 is 6.04 Å². The first-order chi connectivity index (χ1) is 7.91. The molecule has 1 aliphatic heterocycles. The fourth-order valence-corrected chi connectivity index (χ4v) is 2.08. The maximum Gasteiger partial charge on any atom is 0.230 e. The molecule has 1 N–H and O–H groups in total. The number of hydrogen-bond donors (Lipinski definition) is 1. The average molecular weight is 237 g/mol. The van der Waals surface area contributed by atoms with Crippen molar-refractivity contribution in [1.29, 1.82) is 0 Å². The lowest BCUT2D eigenvalue weighted by molar-refractivity contribution is -0.155. The number of imide groups is 1. The van der Waals surface area contributed by atoms with Crippen LogP contribution in [0.25, 0.3) is 0 Å². The largest absolute Gasteiger partial charge is 0.274 e. The molecule has 1 saturated heterocycles. The van der Waals surface area contributed by atoms with Gasteiger partial charge in [-0.2, -0.15) is 5.21 Å². The monoisotopic (exact) mass is 237 g/mol. The molecular formula is C10H15N5O2. The van der Waals surface area contributed by atoms with Crippen molar-refractivity contribution in [2.24, 2.45) is 5.41 Å². The molecule has 1 aliphatic rings. The molecule has 0 radical (unpaired) electrons. The van der Waals surface area contributed by atoms with Crippen molar-refractivity contribution in [2.45, 2.75) is 39.7 Å². The summed E-state index contributed by atoms with van der Waals surface area (Å²) in [5, 5.41) is 13.4. The fraction of sp³-hybridized carbons (Fsp3) is 0.700. The van der Waals surface area contributed by atoms with Crippen molar-refractivity contribution < 1.29 is 9.59 Å². The van der Waals surface area contributed by atoms with E-state index in [1.807, 2.05) is 13.8 Å². The highest BCUT2D eigenvalue weighted by atomic mass is 16.2. The summed E-state index contributed by atoms with van der Waals surface area (Å²) in [7, 11) is 0. The summed E-state index contributed by atoms with van der Waals surface area (Å²) >= 11 is 0. The molecule has 0 aromatic carbocycles. The van der Waals surface area contributed by atoms with E-state index in [9.17, 15) is 9.59 Å². The van der Waals surface area contributed by atoms with E-state index in [2.05, 4.69) is 20.6 Å². The minimum atomic E-state index is -0.468. The van der Waals surface area contributed by atoms with Gasteiger partial charge in [0, 0.05) is 12.8 Å². The molecule has 2 rings (SSSR count). The van der Waals surface area contributed by atoms with Crippen LogP contribution >= 0.6 is 0 Å². The van der Waals surface area contributed by atoms with E-state index in [-0.39, 0.29) is 17.2 Å². The molecule has 0 bridgehead atoms. The highest BCUT2D eigenvalue weighted by Crippen LogP contribution is 2.34. The van der Waals surface area contributed by atoms with Crippen LogP contribution in [0.1, 0.15) is 45.5 Å². The number of rotatable bonds is 2. The van der Waals surface area contributed by atoms with Gasteiger partial charge in [0.15, 0.2) is 5.82 Å². The van der Waals surface area contributed by atoms with Gasteiger partial charge in [-0.15, -0.1) is 10.2 Å². The van der Waals surface area contributed by atoms with Crippen LogP contribution in [0.15, 0.2) is 0 Å². The van der Waals surface area contributed by atoms with E-state index >= 15 is 0 Å². The Kier molecular flexibility index (Phi) is 2.68. The zero-order valence-corrected chi connectivity index (χ0v) is 10.1. The third-order valence-electron chi connectivity index (χ3n) is 2.92. The van der Waals surface area contributed by atoms with Crippen molar-refractivity contribution >= 4 is 11.8 Å². The van der Waals surface area contributed by atoms with Crippen LogP contribution in [0.2, 0.25) is 0 Å². The zero-order valence-electron chi connectivity index (χ0n) is 10.1. The van der Waals surface area contributed by atoms with Gasteiger partial charge in [-0.05, 0) is 12.3 Å². The molecule has 0 saturated carbocycles. The molecule has 92 valence electrons. The van der Waals surface area contributed by atoms with E-state index in [1.54, 1.807) is 6.92 Å². The lowest BCUT2D eigenvalue weighted by Gasteiger charge is -2.36. The Hall–Kier alpha value is -1.79. The van der Waals surface area contributed by atoms with Crippen LogP contribution in [0, 0.1) is 5.41 Å². The van der Waals surface area contributed by atoms with Gasteiger partial charge in [0.05, 0.1) is 0 Å². The topological polar surface area (TPSA) is 91.8 Å². The zero-order chi connectivity index (χ0) is 12.6. The van der Waals surface area contributed by atoms with E-state index in [4.69, 9.17) is 0 Å². The predicted octanol–water partition coefficient (Wildman–Crippen LogP) is 0.436. The summed E-state index contributed by atoms with van der Waals surface area (Å²) in [5.74, 6) is -0.00138. The molecule has 2 amide bonds. The Bertz CT molecular complexity index is 420. The highest BCUT2D eigenvalue weighted by molar-refractivity contribution is 5.98. The molecule has 17 heavy (non-hydrogen) atoms. The van der Waals surface area contributed by atoms with Crippen LogP contribution in [0.3, 0.4) is 0 Å². The Balaban J connectivity index is 2.22. The number of amides is 2. The van der Waals surface area contributed by atoms with Gasteiger partial charge in [-0.25, -0.2) is 0 Å². The predicted molar refractivity (Wildman–Crippen MR) is 57.5 cm³/mol. The number of nitrogens with zero attached hydrogens (tertiary/aromatic N) is 4. The van der Waals surface area contributed by atoms with Crippen LogP contribution < -0.4 is 0 Å². The normalized spacial score (nSPS) is 21.7. The van der Waals surface area contributed by atoms with E-state index in [0.717, 1.165) is 0 Å². The number of H-pyrrole nitrogens is 1. The van der Waals surface area contributed by atoms with Crippen molar-refractivity contribution in [1.82, 2.24) is 25.5 Å². The first-order valence-corrected chi connectivity index (χ1v) is 5.49. The number of carbonyl (C=O) groups excluding carboxylic acids is 2. The molecular weight excluding hydrogens is 222 g/mol. The molecule has 7 heteroatoms. The lowest BCUT2D eigenvalue weighted by atomic mass is 9.81. The van der Waals surface area contributed by atoms with Crippen molar-refractivity contribution in [2.75, 3.05) is 0 Å². The number of aromatic nitrogens is 4. The van der Waals surface area contributed by atoms with Gasteiger partial charge in [0.2, 0.25) is 11.8 Å². The number of carbonyl (C=O) groups is 2. The third-order valence-corrected chi connectivity index (χ3v) is 2.92. The van der Waals surface area contributed by atoms with Gasteiger partial charge in [-0.3, -0.25) is 14.5 Å². The summed E-state index contributed by atoms with van der Waals surface area (Å²) in [6.07, 6.45) is 0.724. The number of tetrazole rings is 1. The van der Waals surface area contributed by atoms with Crippen LogP contribution in [-0.4, -0.2) is 37.3 Å². The summed E-state index contributed by atoms with van der Waals surface area (Å²) in [4.78, 5) is 25.2. The summed E-state index contributed by atoms with van der Waals surface area (Å²) < 4.78 is 0. The first-order valence-electron chi connectivity index (χ1n) is 5.49. The van der Waals surface area contributed by atoms with Crippen molar-refractivity contribution in [3.8, 4) is 0 Å². The Labute approximate surface area is 98.6 Å². The van der Waals surface area contributed by atoms with E-state index in [0.29, 0.717) is 18.7 Å². The second-order valence-electron chi connectivity index (χ2n) is 5.12. The number of aromatic amines is 1. The quantitative estimate of drug-likeness (QED) is 0.753. The Morgan fingerprint density at radius 3 is 2.35 bits per heavy atom. The Morgan fingerprint density at radius 2 is 1.88 bits per heavy atom. The first kappa shape index (κ1) is 11.7. The SMILES string of the molecule is CC(c1nn[nH]n1)N1C(=O)CC(C)(C)CC1=O. The second-order valence-corrected chi connectivity index (χ2v) is 5.12. The number of hydrogen-bond acceptors (Lipinski definition) is 5. The van der Waals surface area contributed by atoms with Gasteiger partial charge in [0.25, 0.3) is 0 Å². The molecule has 1 aromatic heterocycles. The summed E-state index contributed by atoms with van der Waals surface area (Å²) in [5.41, 5.74) is -0.262. The molecule has 0 aliphatic carbocycles. The maximum atomic E-state index is 12.0. The van der Waals surface area contributed by atoms with Gasteiger partial charge < -0.3 is 0 Å². The van der Waals surface area contributed by atoms with Crippen LogP contribution in [0.4, 0.5) is 0 Å². The van der Waals surface area contributed by atoms with Gasteiger partial charge >= 0.3 is 0 Å². The molecule has 2 heterocycles. The minimum absolute atomic E-state index is 0.177. The highest BCUT2D eigenvalue weighted by Gasteiger charge is 2.40. The molecule has 0 spiro atoms. The maximum absolute atomic E-state index is 12.0. The van der Waals surface area contributed by atoms with Crippen LogP contribution in [0.5, 0.6) is 0 Å². The second kappa shape index (κ2) is 3.90. The minimum Gasteiger partial charge on any atom is -0.274 e. The van der Waals surface area contributed by atoms with Gasteiger partial charge in [0.1, 0.15) is 6.04 Å². The molecule has 1 aromatic rings. The molecule has 1 unspecified atom stereocenters.